The van der Waals surface area contributed by atoms with E-state index in [1.165, 1.54) is 12.8 Å². The van der Waals surface area contributed by atoms with Crippen LogP contribution in [0.3, 0.4) is 0 Å². The van der Waals surface area contributed by atoms with E-state index in [0.29, 0.717) is 16.2 Å². The monoisotopic (exact) mass is 260 g/mol. The summed E-state index contributed by atoms with van der Waals surface area (Å²) in [6.45, 7) is 3.06. The van der Waals surface area contributed by atoms with E-state index < -0.39 is 0 Å². The molecule has 2 rings (SSSR count). The normalized spacial score (nSPS) is 20.8. The molecular weight excluding hydrogens is 247 g/mol. The average molecular weight is 261 g/mol. The standard InChI is InChI=1S/C10H14Cl2N4/c11-9-4-8(10(12)16-15-9)14-6-7-2-1-3-13-5-7/h4,7,13H,1-3,5-6H2,(H,14,15). The second kappa shape index (κ2) is 5.66. The number of anilines is 1. The lowest BCUT2D eigenvalue weighted by Crippen LogP contribution is -2.33. The number of hydrogen-bond acceptors (Lipinski definition) is 4. The quantitative estimate of drug-likeness (QED) is 0.875. The summed E-state index contributed by atoms with van der Waals surface area (Å²) in [6.07, 6.45) is 2.47. The molecule has 2 heterocycles. The molecule has 1 aliphatic rings. The van der Waals surface area contributed by atoms with Crippen molar-refractivity contribution in [1.82, 2.24) is 15.5 Å². The molecule has 16 heavy (non-hydrogen) atoms. The Bertz CT molecular complexity index is 353. The number of nitrogens with one attached hydrogen (secondary N) is 2. The van der Waals surface area contributed by atoms with Crippen molar-refractivity contribution in [2.45, 2.75) is 12.8 Å². The van der Waals surface area contributed by atoms with Crippen molar-refractivity contribution >= 4 is 28.9 Å². The highest BCUT2D eigenvalue weighted by Gasteiger charge is 2.13. The van der Waals surface area contributed by atoms with Crippen molar-refractivity contribution in [2.75, 3.05) is 25.0 Å². The Kier molecular flexibility index (Phi) is 4.21. The summed E-state index contributed by atoms with van der Waals surface area (Å²) in [4.78, 5) is 0. The van der Waals surface area contributed by atoms with Gasteiger partial charge in [-0.2, -0.15) is 0 Å². The number of piperidine rings is 1. The van der Waals surface area contributed by atoms with Gasteiger partial charge in [-0.25, -0.2) is 0 Å². The van der Waals surface area contributed by atoms with E-state index in [1.807, 2.05) is 0 Å². The molecule has 0 aliphatic carbocycles. The highest BCUT2D eigenvalue weighted by Crippen LogP contribution is 2.21. The van der Waals surface area contributed by atoms with E-state index in [9.17, 15) is 0 Å². The number of aromatic nitrogens is 2. The molecule has 6 heteroatoms. The summed E-state index contributed by atoms with van der Waals surface area (Å²) in [7, 11) is 0. The smallest absolute Gasteiger partial charge is 0.174 e. The molecule has 1 aromatic rings. The Balaban J connectivity index is 1.90. The summed E-state index contributed by atoms with van der Waals surface area (Å²) in [5, 5.41) is 14.8. The lowest BCUT2D eigenvalue weighted by molar-refractivity contribution is 0.393. The van der Waals surface area contributed by atoms with Gasteiger partial charge in [-0.15, -0.1) is 10.2 Å². The highest BCUT2D eigenvalue weighted by molar-refractivity contribution is 6.33. The maximum absolute atomic E-state index is 5.90. The first kappa shape index (κ1) is 11.9. The second-order valence-electron chi connectivity index (χ2n) is 3.96. The van der Waals surface area contributed by atoms with E-state index in [1.54, 1.807) is 6.07 Å². The van der Waals surface area contributed by atoms with Crippen molar-refractivity contribution in [3.63, 3.8) is 0 Å². The zero-order valence-electron chi connectivity index (χ0n) is 8.84. The van der Waals surface area contributed by atoms with E-state index >= 15 is 0 Å². The Morgan fingerprint density at radius 1 is 1.44 bits per heavy atom. The fraction of sp³-hybridized carbons (Fsp3) is 0.600. The minimum atomic E-state index is 0.355. The SMILES string of the molecule is Clc1cc(NCC2CCCNC2)c(Cl)nn1. The molecule has 0 saturated carbocycles. The molecule has 1 saturated heterocycles. The summed E-state index contributed by atoms with van der Waals surface area (Å²) in [6, 6.07) is 1.70. The molecule has 1 unspecified atom stereocenters. The molecule has 1 aromatic heterocycles. The van der Waals surface area contributed by atoms with Crippen molar-refractivity contribution in [1.29, 1.82) is 0 Å². The van der Waals surface area contributed by atoms with E-state index in [4.69, 9.17) is 23.2 Å². The minimum absolute atomic E-state index is 0.355. The Morgan fingerprint density at radius 2 is 2.31 bits per heavy atom. The second-order valence-corrected chi connectivity index (χ2v) is 4.71. The van der Waals surface area contributed by atoms with Crippen LogP contribution in [0.5, 0.6) is 0 Å². The van der Waals surface area contributed by atoms with Crippen molar-refractivity contribution in [3.05, 3.63) is 16.4 Å². The van der Waals surface area contributed by atoms with E-state index in [2.05, 4.69) is 20.8 Å². The highest BCUT2D eigenvalue weighted by atomic mass is 35.5. The fourth-order valence-electron chi connectivity index (χ4n) is 1.83. The van der Waals surface area contributed by atoms with Gasteiger partial charge in [-0.3, -0.25) is 0 Å². The first-order valence-corrected chi connectivity index (χ1v) is 6.14. The zero-order valence-corrected chi connectivity index (χ0v) is 10.4. The van der Waals surface area contributed by atoms with Crippen LogP contribution >= 0.6 is 23.2 Å². The predicted molar refractivity (Wildman–Crippen MR) is 66.1 cm³/mol. The van der Waals surface area contributed by atoms with Gasteiger partial charge in [-0.05, 0) is 31.8 Å². The van der Waals surface area contributed by atoms with Gasteiger partial charge in [0, 0.05) is 12.6 Å². The Labute approximate surface area is 105 Å². The van der Waals surface area contributed by atoms with Crippen LogP contribution in [-0.2, 0) is 0 Å². The number of hydrogen-bond donors (Lipinski definition) is 2. The first-order valence-electron chi connectivity index (χ1n) is 5.39. The van der Waals surface area contributed by atoms with Gasteiger partial charge in [0.05, 0.1) is 5.69 Å². The Morgan fingerprint density at radius 3 is 3.06 bits per heavy atom. The third-order valence-electron chi connectivity index (χ3n) is 2.70. The molecule has 88 valence electrons. The van der Waals surface area contributed by atoms with Gasteiger partial charge >= 0.3 is 0 Å². The average Bonchev–Trinajstić information content (AvgIpc) is 2.32. The predicted octanol–water partition coefficient (Wildman–Crippen LogP) is 2.19. The van der Waals surface area contributed by atoms with Crippen molar-refractivity contribution in [2.24, 2.45) is 5.92 Å². The molecular formula is C10H14Cl2N4. The Hall–Kier alpha value is -0.580. The summed E-state index contributed by atoms with van der Waals surface area (Å²) in [5.74, 6) is 0.636. The van der Waals surface area contributed by atoms with Crippen LogP contribution in [0.2, 0.25) is 10.3 Å². The van der Waals surface area contributed by atoms with Crippen molar-refractivity contribution < 1.29 is 0 Å². The number of rotatable bonds is 3. The first-order chi connectivity index (χ1) is 7.75. The molecule has 0 bridgehead atoms. The zero-order chi connectivity index (χ0) is 11.4. The number of nitrogens with zero attached hydrogens (tertiary/aromatic N) is 2. The van der Waals surface area contributed by atoms with Crippen molar-refractivity contribution in [3.8, 4) is 0 Å². The molecule has 1 atom stereocenters. The third-order valence-corrected chi connectivity index (χ3v) is 3.16. The summed E-state index contributed by atoms with van der Waals surface area (Å²) < 4.78 is 0. The van der Waals surface area contributed by atoms with Crippen LogP contribution in [0.15, 0.2) is 6.07 Å². The fourth-order valence-corrected chi connectivity index (χ4v) is 2.14. The van der Waals surface area contributed by atoms with Crippen LogP contribution in [0.4, 0.5) is 5.69 Å². The topological polar surface area (TPSA) is 49.8 Å². The molecule has 1 fully saturated rings. The molecule has 1 aliphatic heterocycles. The van der Waals surface area contributed by atoms with Crippen LogP contribution in [0.1, 0.15) is 12.8 Å². The van der Waals surface area contributed by atoms with Gasteiger partial charge in [-0.1, -0.05) is 23.2 Å². The van der Waals surface area contributed by atoms with Gasteiger partial charge < -0.3 is 10.6 Å². The third kappa shape index (κ3) is 3.20. The molecule has 0 radical (unpaired) electrons. The van der Waals surface area contributed by atoms with Gasteiger partial charge in [0.15, 0.2) is 10.3 Å². The maximum Gasteiger partial charge on any atom is 0.174 e. The summed E-state index contributed by atoms with van der Waals surface area (Å²) >= 11 is 11.7. The molecule has 0 spiro atoms. The number of halogens is 2. The molecule has 4 nitrogen and oxygen atoms in total. The molecule has 0 amide bonds. The summed E-state index contributed by atoms with van der Waals surface area (Å²) in [5.41, 5.74) is 0.757. The van der Waals surface area contributed by atoms with Crippen LogP contribution < -0.4 is 10.6 Å². The lowest BCUT2D eigenvalue weighted by atomic mass is 10.00. The van der Waals surface area contributed by atoms with Crippen LogP contribution in [0, 0.1) is 5.92 Å². The van der Waals surface area contributed by atoms with E-state index in [-0.39, 0.29) is 0 Å². The maximum atomic E-state index is 5.90. The van der Waals surface area contributed by atoms with Crippen LogP contribution in [-0.4, -0.2) is 29.8 Å². The molecule has 2 N–H and O–H groups in total. The van der Waals surface area contributed by atoms with Gasteiger partial charge in [0.1, 0.15) is 0 Å². The largest absolute Gasteiger partial charge is 0.382 e. The van der Waals surface area contributed by atoms with E-state index in [0.717, 1.165) is 25.3 Å². The lowest BCUT2D eigenvalue weighted by Gasteiger charge is -2.23. The van der Waals surface area contributed by atoms with Gasteiger partial charge in [0.2, 0.25) is 0 Å². The minimum Gasteiger partial charge on any atom is -0.382 e. The van der Waals surface area contributed by atoms with Gasteiger partial charge in [0.25, 0.3) is 0 Å². The van der Waals surface area contributed by atoms with Crippen LogP contribution in [0.25, 0.3) is 0 Å². The molecule has 0 aromatic carbocycles.